The van der Waals surface area contributed by atoms with Gasteiger partial charge >= 0.3 is 6.18 Å². The summed E-state index contributed by atoms with van der Waals surface area (Å²) in [5.41, 5.74) is 2.06. The molecule has 0 aliphatic carbocycles. The van der Waals surface area contributed by atoms with Crippen LogP contribution < -0.4 is 10.2 Å². The molecule has 1 amide bonds. The molecule has 0 aromatic heterocycles. The highest BCUT2D eigenvalue weighted by atomic mass is 19.4. The zero-order valence-corrected chi connectivity index (χ0v) is 14.2. The Hall–Kier alpha value is -1.60. The van der Waals surface area contributed by atoms with E-state index >= 15 is 0 Å². The van der Waals surface area contributed by atoms with Crippen molar-refractivity contribution in [3.63, 3.8) is 0 Å². The van der Waals surface area contributed by atoms with Gasteiger partial charge in [-0.05, 0) is 50.0 Å². The highest BCUT2D eigenvalue weighted by Gasteiger charge is 2.32. The van der Waals surface area contributed by atoms with E-state index in [1.807, 2.05) is 29.2 Å². The van der Waals surface area contributed by atoms with Crippen LogP contribution in [0.5, 0.6) is 0 Å². The fourth-order valence-corrected chi connectivity index (χ4v) is 3.53. The van der Waals surface area contributed by atoms with Gasteiger partial charge < -0.3 is 10.2 Å². The zero-order valence-electron chi connectivity index (χ0n) is 14.2. The van der Waals surface area contributed by atoms with Crippen molar-refractivity contribution in [2.45, 2.75) is 44.4 Å². The molecule has 0 unspecified atom stereocenters. The first kappa shape index (κ1) is 18.2. The maximum absolute atomic E-state index is 12.4. The third-order valence-electron chi connectivity index (χ3n) is 4.91. The Morgan fingerprint density at radius 1 is 1.08 bits per heavy atom. The van der Waals surface area contributed by atoms with Crippen molar-refractivity contribution in [3.05, 3.63) is 29.8 Å². The SMILES string of the molecule is O=C1CCCN1c1ccc(CNC2CCN(CC(F)(F)F)CC2)cc1. The number of nitrogens with one attached hydrogen (secondary N) is 1. The first-order valence-corrected chi connectivity index (χ1v) is 8.82. The zero-order chi connectivity index (χ0) is 17.9. The second-order valence-corrected chi connectivity index (χ2v) is 6.86. The Kier molecular flexibility index (Phi) is 5.64. The molecule has 2 aliphatic rings. The number of anilines is 1. The van der Waals surface area contributed by atoms with E-state index in [-0.39, 0.29) is 11.9 Å². The number of carbonyl (C=O) groups excluding carboxylic acids is 1. The minimum atomic E-state index is -4.11. The first-order valence-electron chi connectivity index (χ1n) is 8.82. The number of piperidine rings is 1. The Bertz CT molecular complexity index is 580. The minimum absolute atomic E-state index is 0.177. The van der Waals surface area contributed by atoms with E-state index < -0.39 is 12.7 Å². The molecule has 2 fully saturated rings. The van der Waals surface area contributed by atoms with Gasteiger partial charge in [0.2, 0.25) is 5.91 Å². The number of rotatable bonds is 5. The topological polar surface area (TPSA) is 35.6 Å². The van der Waals surface area contributed by atoms with Gasteiger partial charge in [0.1, 0.15) is 0 Å². The van der Waals surface area contributed by atoms with E-state index in [1.165, 1.54) is 4.90 Å². The van der Waals surface area contributed by atoms with Gasteiger partial charge in [0.15, 0.2) is 0 Å². The first-order chi connectivity index (χ1) is 11.9. The van der Waals surface area contributed by atoms with E-state index in [0.717, 1.165) is 37.1 Å². The molecule has 1 N–H and O–H groups in total. The molecular formula is C18H24F3N3O. The lowest BCUT2D eigenvalue weighted by Gasteiger charge is -2.32. The van der Waals surface area contributed by atoms with E-state index in [2.05, 4.69) is 5.32 Å². The molecule has 4 nitrogen and oxygen atoms in total. The van der Waals surface area contributed by atoms with E-state index in [9.17, 15) is 18.0 Å². The lowest BCUT2D eigenvalue weighted by molar-refractivity contribution is -0.148. The summed E-state index contributed by atoms with van der Waals surface area (Å²) in [7, 11) is 0. The normalized spacial score (nSPS) is 20.4. The smallest absolute Gasteiger partial charge is 0.312 e. The summed E-state index contributed by atoms with van der Waals surface area (Å²) in [5.74, 6) is 0.177. The molecule has 138 valence electrons. The molecule has 7 heteroatoms. The van der Waals surface area contributed by atoms with Crippen LogP contribution in [0.3, 0.4) is 0 Å². The average Bonchev–Trinajstić information content (AvgIpc) is 2.99. The summed E-state index contributed by atoms with van der Waals surface area (Å²) < 4.78 is 37.2. The predicted molar refractivity (Wildman–Crippen MR) is 90.4 cm³/mol. The lowest BCUT2D eigenvalue weighted by atomic mass is 10.0. The van der Waals surface area contributed by atoms with E-state index in [1.54, 1.807) is 0 Å². The van der Waals surface area contributed by atoms with Gasteiger partial charge in [-0.1, -0.05) is 12.1 Å². The average molecular weight is 355 g/mol. The number of hydrogen-bond acceptors (Lipinski definition) is 3. The fraction of sp³-hybridized carbons (Fsp3) is 0.611. The standard InChI is InChI=1S/C18H24F3N3O/c19-18(20,21)13-23-10-7-15(8-11-23)22-12-14-3-5-16(6-4-14)24-9-1-2-17(24)25/h3-6,15,22H,1-2,7-13H2. The molecule has 2 saturated heterocycles. The molecule has 0 radical (unpaired) electrons. The maximum atomic E-state index is 12.4. The van der Waals surface area contributed by atoms with Gasteiger partial charge in [-0.15, -0.1) is 0 Å². The van der Waals surface area contributed by atoms with E-state index in [0.29, 0.717) is 26.1 Å². The number of halogens is 3. The molecule has 1 aromatic rings. The van der Waals surface area contributed by atoms with Crippen LogP contribution in [0.4, 0.5) is 18.9 Å². The van der Waals surface area contributed by atoms with Gasteiger partial charge in [0, 0.05) is 31.2 Å². The van der Waals surface area contributed by atoms with Crippen molar-refractivity contribution in [2.24, 2.45) is 0 Å². The molecular weight excluding hydrogens is 331 g/mol. The molecule has 1 aromatic carbocycles. The van der Waals surface area contributed by atoms with Crippen LogP contribution in [0, 0.1) is 0 Å². The summed E-state index contributed by atoms with van der Waals surface area (Å²) in [6, 6.07) is 8.20. The molecule has 25 heavy (non-hydrogen) atoms. The molecule has 0 saturated carbocycles. The maximum Gasteiger partial charge on any atom is 0.401 e. The molecule has 0 atom stereocenters. The molecule has 0 bridgehead atoms. The van der Waals surface area contributed by atoms with Gasteiger partial charge in [0.05, 0.1) is 6.54 Å². The quantitative estimate of drug-likeness (QED) is 0.882. The Balaban J connectivity index is 1.43. The Morgan fingerprint density at radius 2 is 1.76 bits per heavy atom. The van der Waals surface area contributed by atoms with E-state index in [4.69, 9.17) is 0 Å². The third-order valence-corrected chi connectivity index (χ3v) is 4.91. The van der Waals surface area contributed by atoms with Gasteiger partial charge in [-0.3, -0.25) is 9.69 Å². The van der Waals surface area contributed by atoms with Gasteiger partial charge in [0.25, 0.3) is 0 Å². The van der Waals surface area contributed by atoms with Gasteiger partial charge in [-0.2, -0.15) is 13.2 Å². The van der Waals surface area contributed by atoms with Crippen LogP contribution in [0.15, 0.2) is 24.3 Å². The lowest BCUT2D eigenvalue weighted by Crippen LogP contribution is -2.45. The number of likely N-dealkylation sites (tertiary alicyclic amines) is 1. The minimum Gasteiger partial charge on any atom is -0.312 e. The van der Waals surface area contributed by atoms with Crippen molar-refractivity contribution in [1.82, 2.24) is 10.2 Å². The van der Waals surface area contributed by atoms with Crippen LogP contribution in [0.25, 0.3) is 0 Å². The molecule has 3 rings (SSSR count). The summed E-state index contributed by atoms with van der Waals surface area (Å²) in [6.07, 6.45) is -1.11. The largest absolute Gasteiger partial charge is 0.401 e. The number of amides is 1. The van der Waals surface area contributed by atoms with Crippen LogP contribution in [0.1, 0.15) is 31.2 Å². The third kappa shape index (κ3) is 5.19. The second-order valence-electron chi connectivity index (χ2n) is 6.86. The summed E-state index contributed by atoms with van der Waals surface area (Å²) >= 11 is 0. The second kappa shape index (κ2) is 7.74. The van der Waals surface area contributed by atoms with Crippen molar-refractivity contribution >= 4 is 11.6 Å². The highest BCUT2D eigenvalue weighted by Crippen LogP contribution is 2.22. The number of benzene rings is 1. The molecule has 2 aliphatic heterocycles. The summed E-state index contributed by atoms with van der Waals surface area (Å²) in [5, 5.41) is 3.43. The van der Waals surface area contributed by atoms with Gasteiger partial charge in [-0.25, -0.2) is 0 Å². The number of alkyl halides is 3. The fourth-order valence-electron chi connectivity index (χ4n) is 3.53. The summed E-state index contributed by atoms with van der Waals surface area (Å²) in [4.78, 5) is 15.0. The van der Waals surface area contributed by atoms with Crippen molar-refractivity contribution in [1.29, 1.82) is 0 Å². The summed E-state index contributed by atoms with van der Waals surface area (Å²) in [6.45, 7) is 1.63. The van der Waals surface area contributed by atoms with Crippen LogP contribution in [0.2, 0.25) is 0 Å². The van der Waals surface area contributed by atoms with Crippen molar-refractivity contribution < 1.29 is 18.0 Å². The highest BCUT2D eigenvalue weighted by molar-refractivity contribution is 5.95. The number of nitrogens with zero attached hydrogens (tertiary/aromatic N) is 2. The van der Waals surface area contributed by atoms with Crippen LogP contribution in [-0.4, -0.2) is 49.2 Å². The van der Waals surface area contributed by atoms with Crippen LogP contribution >= 0.6 is 0 Å². The molecule has 2 heterocycles. The van der Waals surface area contributed by atoms with Crippen molar-refractivity contribution in [2.75, 3.05) is 31.1 Å². The van der Waals surface area contributed by atoms with Crippen molar-refractivity contribution in [3.8, 4) is 0 Å². The van der Waals surface area contributed by atoms with Crippen LogP contribution in [-0.2, 0) is 11.3 Å². The Morgan fingerprint density at radius 3 is 2.32 bits per heavy atom. The monoisotopic (exact) mass is 355 g/mol. The number of carbonyl (C=O) groups is 1. The predicted octanol–water partition coefficient (Wildman–Crippen LogP) is 2.93. The molecule has 0 spiro atoms. The Labute approximate surface area is 146 Å². The number of hydrogen-bond donors (Lipinski definition) is 1.